The topological polar surface area (TPSA) is 52.6 Å². The molecule has 0 bridgehead atoms. The maximum Gasteiger partial charge on any atom is 0.323 e. The minimum absolute atomic E-state index is 0.112. The number of carboxylic acids is 1. The first-order chi connectivity index (χ1) is 7.09. The van der Waals surface area contributed by atoms with E-state index in [0.717, 1.165) is 5.69 Å². The molecular formula is C10H12N2O2S. The van der Waals surface area contributed by atoms with E-state index in [1.165, 1.54) is 4.90 Å². The molecule has 0 saturated heterocycles. The Morgan fingerprint density at radius 3 is 2.60 bits per heavy atom. The minimum atomic E-state index is -0.908. The highest BCUT2D eigenvalue weighted by molar-refractivity contribution is 7.80. The molecule has 0 unspecified atom stereocenters. The lowest BCUT2D eigenvalue weighted by Crippen LogP contribution is -2.35. The van der Waals surface area contributed by atoms with Crippen LogP contribution in [0.1, 0.15) is 0 Å². The van der Waals surface area contributed by atoms with Crippen molar-refractivity contribution in [3.05, 3.63) is 30.3 Å². The average Bonchev–Trinajstić information content (AvgIpc) is 2.18. The van der Waals surface area contributed by atoms with Crippen molar-refractivity contribution in [1.82, 2.24) is 4.90 Å². The van der Waals surface area contributed by atoms with Crippen molar-refractivity contribution in [2.75, 3.05) is 18.9 Å². The Morgan fingerprint density at radius 2 is 2.07 bits per heavy atom. The van der Waals surface area contributed by atoms with Gasteiger partial charge in [-0.15, -0.1) is 0 Å². The third kappa shape index (κ3) is 3.95. The molecule has 0 atom stereocenters. The van der Waals surface area contributed by atoms with Crippen LogP contribution in [0.15, 0.2) is 30.3 Å². The molecule has 0 radical (unpaired) electrons. The minimum Gasteiger partial charge on any atom is -0.480 e. The predicted octanol–water partition coefficient (Wildman–Crippen LogP) is 1.40. The second kappa shape index (κ2) is 5.31. The van der Waals surface area contributed by atoms with Crippen molar-refractivity contribution in [2.24, 2.45) is 0 Å². The summed E-state index contributed by atoms with van der Waals surface area (Å²) < 4.78 is 0. The normalized spacial score (nSPS) is 9.40. The van der Waals surface area contributed by atoms with Gasteiger partial charge in [-0.1, -0.05) is 18.2 Å². The van der Waals surface area contributed by atoms with E-state index in [1.807, 2.05) is 30.3 Å². The predicted molar refractivity (Wildman–Crippen MR) is 62.9 cm³/mol. The number of benzene rings is 1. The number of hydrogen-bond donors (Lipinski definition) is 2. The van der Waals surface area contributed by atoms with Crippen LogP contribution in [0.4, 0.5) is 5.69 Å². The van der Waals surface area contributed by atoms with Gasteiger partial charge in [0.25, 0.3) is 0 Å². The van der Waals surface area contributed by atoms with Crippen LogP contribution in [-0.4, -0.2) is 34.7 Å². The maximum absolute atomic E-state index is 10.4. The van der Waals surface area contributed by atoms with Gasteiger partial charge in [0.2, 0.25) is 0 Å². The first kappa shape index (κ1) is 11.5. The zero-order valence-corrected chi connectivity index (χ0v) is 9.12. The van der Waals surface area contributed by atoms with Crippen molar-refractivity contribution in [3.8, 4) is 0 Å². The van der Waals surface area contributed by atoms with E-state index >= 15 is 0 Å². The van der Waals surface area contributed by atoms with Gasteiger partial charge < -0.3 is 15.3 Å². The second-order valence-corrected chi connectivity index (χ2v) is 3.43. The molecule has 0 spiro atoms. The molecular weight excluding hydrogens is 212 g/mol. The molecule has 1 aromatic rings. The fourth-order valence-electron chi connectivity index (χ4n) is 1.02. The number of carbonyl (C=O) groups is 1. The molecule has 0 saturated carbocycles. The Kier molecular flexibility index (Phi) is 4.05. The molecule has 80 valence electrons. The maximum atomic E-state index is 10.4. The van der Waals surface area contributed by atoms with Gasteiger partial charge >= 0.3 is 5.97 Å². The number of aliphatic carboxylic acids is 1. The molecule has 0 aliphatic rings. The van der Waals surface area contributed by atoms with Crippen LogP contribution in [-0.2, 0) is 4.79 Å². The summed E-state index contributed by atoms with van der Waals surface area (Å²) in [6.45, 7) is -0.112. The Labute approximate surface area is 93.5 Å². The number of nitrogens with one attached hydrogen (secondary N) is 1. The number of rotatable bonds is 3. The molecule has 0 aliphatic heterocycles. The van der Waals surface area contributed by atoms with Crippen LogP contribution in [0, 0.1) is 0 Å². The molecule has 4 nitrogen and oxygen atoms in total. The smallest absolute Gasteiger partial charge is 0.323 e. The van der Waals surface area contributed by atoms with Crippen molar-refractivity contribution < 1.29 is 9.90 Å². The zero-order valence-electron chi connectivity index (χ0n) is 8.30. The van der Waals surface area contributed by atoms with Crippen LogP contribution < -0.4 is 5.32 Å². The standard InChI is InChI=1S/C10H12N2O2S/c1-12(7-9(13)14)10(15)11-8-5-3-2-4-6-8/h2-6H,7H2,1H3,(H,11,15)(H,13,14). The van der Waals surface area contributed by atoms with E-state index in [4.69, 9.17) is 17.3 Å². The lowest BCUT2D eigenvalue weighted by atomic mass is 10.3. The molecule has 0 amide bonds. The summed E-state index contributed by atoms with van der Waals surface area (Å²) >= 11 is 5.03. The molecule has 1 rings (SSSR count). The Hall–Kier alpha value is -1.62. The average molecular weight is 224 g/mol. The molecule has 0 heterocycles. The summed E-state index contributed by atoms with van der Waals surface area (Å²) in [6, 6.07) is 9.38. The van der Waals surface area contributed by atoms with Crippen LogP contribution in [0.3, 0.4) is 0 Å². The summed E-state index contributed by atoms with van der Waals surface area (Å²) in [5.74, 6) is -0.908. The number of thiocarbonyl (C=S) groups is 1. The summed E-state index contributed by atoms with van der Waals surface area (Å²) in [5, 5.41) is 11.9. The number of para-hydroxylation sites is 1. The van der Waals surface area contributed by atoms with Crippen LogP contribution in [0.25, 0.3) is 0 Å². The molecule has 1 aromatic carbocycles. The van der Waals surface area contributed by atoms with Gasteiger partial charge in [-0.05, 0) is 24.4 Å². The molecule has 0 aromatic heterocycles. The van der Waals surface area contributed by atoms with Gasteiger partial charge in [-0.3, -0.25) is 4.79 Å². The Bertz CT molecular complexity index is 354. The first-order valence-electron chi connectivity index (χ1n) is 4.38. The molecule has 15 heavy (non-hydrogen) atoms. The molecule has 0 fully saturated rings. The zero-order chi connectivity index (χ0) is 11.3. The van der Waals surface area contributed by atoms with Crippen molar-refractivity contribution in [2.45, 2.75) is 0 Å². The number of likely N-dealkylation sites (N-methyl/N-ethyl adjacent to an activating group) is 1. The quantitative estimate of drug-likeness (QED) is 0.760. The van der Waals surface area contributed by atoms with Gasteiger partial charge in [0.15, 0.2) is 5.11 Å². The first-order valence-corrected chi connectivity index (χ1v) is 4.79. The van der Waals surface area contributed by atoms with E-state index in [0.29, 0.717) is 5.11 Å². The van der Waals surface area contributed by atoms with Crippen LogP contribution in [0.5, 0.6) is 0 Å². The van der Waals surface area contributed by atoms with Crippen molar-refractivity contribution >= 4 is 29.0 Å². The van der Waals surface area contributed by atoms with E-state index in [9.17, 15) is 4.79 Å². The summed E-state index contributed by atoms with van der Waals surface area (Å²) in [5.41, 5.74) is 0.847. The highest BCUT2D eigenvalue weighted by atomic mass is 32.1. The van der Waals surface area contributed by atoms with Crippen molar-refractivity contribution in [3.63, 3.8) is 0 Å². The van der Waals surface area contributed by atoms with Crippen LogP contribution in [0.2, 0.25) is 0 Å². The van der Waals surface area contributed by atoms with E-state index in [1.54, 1.807) is 7.05 Å². The lowest BCUT2D eigenvalue weighted by molar-refractivity contribution is -0.137. The number of nitrogens with zero attached hydrogens (tertiary/aromatic N) is 1. The lowest BCUT2D eigenvalue weighted by Gasteiger charge is -2.18. The third-order valence-electron chi connectivity index (χ3n) is 1.74. The van der Waals surface area contributed by atoms with Gasteiger partial charge in [0, 0.05) is 12.7 Å². The summed E-state index contributed by atoms with van der Waals surface area (Å²) in [7, 11) is 1.63. The van der Waals surface area contributed by atoms with E-state index in [2.05, 4.69) is 5.32 Å². The van der Waals surface area contributed by atoms with Gasteiger partial charge in [0.1, 0.15) is 6.54 Å². The summed E-state index contributed by atoms with van der Waals surface area (Å²) in [6.07, 6.45) is 0. The number of carboxylic acid groups (broad SMARTS) is 1. The fraction of sp³-hybridized carbons (Fsp3) is 0.200. The number of anilines is 1. The third-order valence-corrected chi connectivity index (χ3v) is 2.16. The SMILES string of the molecule is CN(CC(=O)O)C(=S)Nc1ccccc1. The molecule has 0 aliphatic carbocycles. The van der Waals surface area contributed by atoms with E-state index in [-0.39, 0.29) is 6.54 Å². The van der Waals surface area contributed by atoms with Gasteiger partial charge in [-0.2, -0.15) is 0 Å². The van der Waals surface area contributed by atoms with Gasteiger partial charge in [-0.25, -0.2) is 0 Å². The van der Waals surface area contributed by atoms with Crippen LogP contribution >= 0.6 is 12.2 Å². The highest BCUT2D eigenvalue weighted by Gasteiger charge is 2.07. The highest BCUT2D eigenvalue weighted by Crippen LogP contribution is 2.05. The second-order valence-electron chi connectivity index (χ2n) is 3.05. The Balaban J connectivity index is 2.52. The summed E-state index contributed by atoms with van der Waals surface area (Å²) in [4.78, 5) is 11.9. The fourth-order valence-corrected chi connectivity index (χ4v) is 1.20. The Morgan fingerprint density at radius 1 is 1.47 bits per heavy atom. The largest absolute Gasteiger partial charge is 0.480 e. The van der Waals surface area contributed by atoms with E-state index < -0.39 is 5.97 Å². The number of hydrogen-bond acceptors (Lipinski definition) is 2. The molecule has 2 N–H and O–H groups in total. The molecule has 5 heteroatoms. The van der Waals surface area contributed by atoms with Gasteiger partial charge in [0.05, 0.1) is 0 Å². The monoisotopic (exact) mass is 224 g/mol. The van der Waals surface area contributed by atoms with Crippen molar-refractivity contribution in [1.29, 1.82) is 0 Å².